The SMILES string of the molecule is O=C(NCCCS(=O)(=O)Cc1ccccc1)c1ccc(N2CCCS2(=O)=O)cc1. The molecule has 7 nitrogen and oxygen atoms in total. The zero-order valence-electron chi connectivity index (χ0n) is 16.0. The summed E-state index contributed by atoms with van der Waals surface area (Å²) in [4.78, 5) is 12.2. The smallest absolute Gasteiger partial charge is 0.251 e. The van der Waals surface area contributed by atoms with Gasteiger partial charge in [-0.05, 0) is 42.7 Å². The molecule has 0 aliphatic carbocycles. The molecule has 156 valence electrons. The van der Waals surface area contributed by atoms with E-state index in [9.17, 15) is 21.6 Å². The van der Waals surface area contributed by atoms with Crippen molar-refractivity contribution >= 4 is 31.5 Å². The number of carbonyl (C=O) groups is 1. The van der Waals surface area contributed by atoms with Gasteiger partial charge in [0.15, 0.2) is 9.84 Å². The van der Waals surface area contributed by atoms with Crippen molar-refractivity contribution in [3.8, 4) is 0 Å². The lowest BCUT2D eigenvalue weighted by molar-refractivity contribution is 0.0953. The molecule has 1 N–H and O–H groups in total. The first kappa shape index (κ1) is 21.3. The van der Waals surface area contributed by atoms with E-state index in [1.165, 1.54) is 4.31 Å². The Bertz CT molecular complexity index is 1050. The molecule has 0 saturated carbocycles. The maximum Gasteiger partial charge on any atom is 0.251 e. The van der Waals surface area contributed by atoms with E-state index in [-0.39, 0.29) is 29.7 Å². The summed E-state index contributed by atoms with van der Waals surface area (Å²) in [5.41, 5.74) is 1.69. The second-order valence-corrected chi connectivity index (χ2v) is 11.2. The molecule has 1 saturated heterocycles. The average Bonchev–Trinajstić information content (AvgIpc) is 3.04. The van der Waals surface area contributed by atoms with E-state index < -0.39 is 19.9 Å². The molecular weight excluding hydrogens is 412 g/mol. The molecule has 1 amide bonds. The maximum atomic E-state index is 12.2. The van der Waals surface area contributed by atoms with E-state index in [1.54, 1.807) is 48.5 Å². The minimum Gasteiger partial charge on any atom is -0.352 e. The molecule has 2 aromatic rings. The Morgan fingerprint density at radius 2 is 1.72 bits per heavy atom. The van der Waals surface area contributed by atoms with Gasteiger partial charge in [0.05, 0.1) is 22.9 Å². The van der Waals surface area contributed by atoms with Crippen molar-refractivity contribution in [1.82, 2.24) is 5.32 Å². The Balaban J connectivity index is 1.47. The maximum absolute atomic E-state index is 12.2. The van der Waals surface area contributed by atoms with Crippen molar-refractivity contribution < 1.29 is 21.6 Å². The summed E-state index contributed by atoms with van der Waals surface area (Å²) in [6.45, 7) is 0.695. The number of hydrogen-bond donors (Lipinski definition) is 1. The Morgan fingerprint density at radius 3 is 2.34 bits per heavy atom. The van der Waals surface area contributed by atoms with Crippen LogP contribution >= 0.6 is 0 Å². The molecule has 29 heavy (non-hydrogen) atoms. The number of sulfone groups is 1. The predicted molar refractivity (Wildman–Crippen MR) is 113 cm³/mol. The van der Waals surface area contributed by atoms with Gasteiger partial charge < -0.3 is 5.32 Å². The molecule has 0 bridgehead atoms. The normalized spacial score (nSPS) is 15.9. The highest BCUT2D eigenvalue weighted by Crippen LogP contribution is 2.24. The number of rotatable bonds is 8. The molecule has 9 heteroatoms. The number of amides is 1. The molecule has 1 heterocycles. The zero-order chi connectivity index (χ0) is 20.9. The third-order valence-corrected chi connectivity index (χ3v) is 8.22. The number of carbonyl (C=O) groups excluding carboxylic acids is 1. The molecular formula is C20H24N2O5S2. The molecule has 1 fully saturated rings. The van der Waals surface area contributed by atoms with Gasteiger partial charge in [0.25, 0.3) is 5.91 Å². The summed E-state index contributed by atoms with van der Waals surface area (Å²) in [6.07, 6.45) is 0.919. The topological polar surface area (TPSA) is 101 Å². The lowest BCUT2D eigenvalue weighted by atomic mass is 10.2. The minimum absolute atomic E-state index is 0.00602. The van der Waals surface area contributed by atoms with Gasteiger partial charge in [0.1, 0.15) is 0 Å². The van der Waals surface area contributed by atoms with E-state index in [0.29, 0.717) is 30.6 Å². The monoisotopic (exact) mass is 436 g/mol. The molecule has 1 aliphatic rings. The summed E-state index contributed by atoms with van der Waals surface area (Å²) < 4.78 is 49.6. The largest absolute Gasteiger partial charge is 0.352 e. The quantitative estimate of drug-likeness (QED) is 0.638. The first-order valence-electron chi connectivity index (χ1n) is 9.40. The minimum atomic E-state index is -3.25. The van der Waals surface area contributed by atoms with Crippen LogP contribution in [-0.4, -0.2) is 47.3 Å². The first-order valence-corrected chi connectivity index (χ1v) is 12.8. The lowest BCUT2D eigenvalue weighted by Crippen LogP contribution is -2.27. The van der Waals surface area contributed by atoms with E-state index in [0.717, 1.165) is 5.56 Å². The summed E-state index contributed by atoms with van der Waals surface area (Å²) in [5.74, 6) is -0.194. The van der Waals surface area contributed by atoms with Crippen molar-refractivity contribution in [2.75, 3.05) is 28.9 Å². The van der Waals surface area contributed by atoms with Crippen molar-refractivity contribution in [2.45, 2.75) is 18.6 Å². The summed E-state index contributed by atoms with van der Waals surface area (Å²) >= 11 is 0. The highest BCUT2D eigenvalue weighted by molar-refractivity contribution is 7.93. The van der Waals surface area contributed by atoms with Gasteiger partial charge in [0.2, 0.25) is 10.0 Å². The summed E-state index contributed by atoms with van der Waals surface area (Å²) in [5, 5.41) is 2.71. The fraction of sp³-hybridized carbons (Fsp3) is 0.350. The zero-order valence-corrected chi connectivity index (χ0v) is 17.6. The standard InChI is InChI=1S/C20H24N2O5S2/c23-20(18-8-10-19(11-9-18)22-13-5-15-29(22,26)27)21-12-4-14-28(24,25)16-17-6-2-1-3-7-17/h1-3,6-11H,4-5,12-16H2,(H,21,23). The number of anilines is 1. The second-order valence-electron chi connectivity index (χ2n) is 6.98. The molecule has 0 aromatic heterocycles. The van der Waals surface area contributed by atoms with Gasteiger partial charge in [-0.2, -0.15) is 0 Å². The van der Waals surface area contributed by atoms with Gasteiger partial charge in [-0.3, -0.25) is 9.10 Å². The second kappa shape index (κ2) is 8.96. The van der Waals surface area contributed by atoms with Gasteiger partial charge in [-0.15, -0.1) is 0 Å². The molecule has 1 aliphatic heterocycles. The first-order chi connectivity index (χ1) is 13.8. The molecule has 2 aromatic carbocycles. The number of nitrogens with zero attached hydrogens (tertiary/aromatic N) is 1. The Morgan fingerprint density at radius 1 is 1.03 bits per heavy atom. The molecule has 3 rings (SSSR count). The lowest BCUT2D eigenvalue weighted by Gasteiger charge is -2.17. The molecule has 0 radical (unpaired) electrons. The number of nitrogens with one attached hydrogen (secondary N) is 1. The fourth-order valence-electron chi connectivity index (χ4n) is 3.21. The van der Waals surface area contributed by atoms with Crippen LogP contribution in [0.25, 0.3) is 0 Å². The van der Waals surface area contributed by atoms with Crippen LogP contribution in [0.5, 0.6) is 0 Å². The Kier molecular flexibility index (Phi) is 6.59. The average molecular weight is 437 g/mol. The molecule has 0 unspecified atom stereocenters. The Hall–Kier alpha value is -2.39. The highest BCUT2D eigenvalue weighted by atomic mass is 32.2. The van der Waals surface area contributed by atoms with Gasteiger partial charge in [0, 0.05) is 18.7 Å². The van der Waals surface area contributed by atoms with Gasteiger partial charge in [-0.1, -0.05) is 30.3 Å². The summed E-state index contributed by atoms with van der Waals surface area (Å²) in [7, 11) is -6.49. The van der Waals surface area contributed by atoms with Gasteiger partial charge in [-0.25, -0.2) is 16.8 Å². The van der Waals surface area contributed by atoms with Gasteiger partial charge >= 0.3 is 0 Å². The van der Waals surface area contributed by atoms with Crippen molar-refractivity contribution in [3.63, 3.8) is 0 Å². The van der Waals surface area contributed by atoms with Crippen molar-refractivity contribution in [1.29, 1.82) is 0 Å². The number of benzene rings is 2. The van der Waals surface area contributed by atoms with Crippen LogP contribution in [0.4, 0.5) is 5.69 Å². The van der Waals surface area contributed by atoms with Crippen LogP contribution in [-0.2, 0) is 25.6 Å². The third-order valence-electron chi connectivity index (χ3n) is 4.66. The highest BCUT2D eigenvalue weighted by Gasteiger charge is 2.28. The van der Waals surface area contributed by atoms with Crippen LogP contribution in [0, 0.1) is 0 Å². The molecule has 0 spiro atoms. The van der Waals surface area contributed by atoms with Crippen LogP contribution in [0.15, 0.2) is 54.6 Å². The van der Waals surface area contributed by atoms with E-state index in [2.05, 4.69) is 5.32 Å². The van der Waals surface area contributed by atoms with Crippen molar-refractivity contribution in [3.05, 3.63) is 65.7 Å². The van der Waals surface area contributed by atoms with Crippen LogP contribution < -0.4 is 9.62 Å². The van der Waals surface area contributed by atoms with Crippen LogP contribution in [0.1, 0.15) is 28.8 Å². The predicted octanol–water partition coefficient (Wildman–Crippen LogP) is 1.96. The fourth-order valence-corrected chi connectivity index (χ4v) is 6.20. The third kappa shape index (κ3) is 5.80. The Labute approximate surface area is 171 Å². The number of sulfonamides is 1. The van der Waals surface area contributed by atoms with Crippen molar-refractivity contribution in [2.24, 2.45) is 0 Å². The van der Waals surface area contributed by atoms with E-state index in [1.807, 2.05) is 6.07 Å². The van der Waals surface area contributed by atoms with E-state index >= 15 is 0 Å². The molecule has 0 atom stereocenters. The summed E-state index contributed by atoms with van der Waals surface area (Å²) in [6, 6.07) is 15.4. The van der Waals surface area contributed by atoms with Crippen LogP contribution in [0.3, 0.4) is 0 Å². The van der Waals surface area contributed by atoms with Crippen LogP contribution in [0.2, 0.25) is 0 Å². The number of hydrogen-bond acceptors (Lipinski definition) is 5. The van der Waals surface area contributed by atoms with E-state index in [4.69, 9.17) is 0 Å².